The lowest BCUT2D eigenvalue weighted by atomic mass is 10.1. The molecule has 134 valence electrons. The van der Waals surface area contributed by atoms with Crippen molar-refractivity contribution in [2.24, 2.45) is 0 Å². The molecule has 0 unspecified atom stereocenters. The average Bonchev–Trinajstić information content (AvgIpc) is 2.85. The number of halogens is 2. The molecule has 0 bridgehead atoms. The molecule has 0 aliphatic carbocycles. The monoisotopic (exact) mass is 371 g/mol. The van der Waals surface area contributed by atoms with Crippen LogP contribution in [0.3, 0.4) is 0 Å². The Bertz CT molecular complexity index is 727. The van der Waals surface area contributed by atoms with Crippen molar-refractivity contribution in [1.29, 1.82) is 0 Å². The molecule has 4 amide bonds. The van der Waals surface area contributed by atoms with E-state index in [1.165, 1.54) is 13.0 Å². The lowest BCUT2D eigenvalue weighted by molar-refractivity contribution is -0.153. The highest BCUT2D eigenvalue weighted by Crippen LogP contribution is 2.22. The van der Waals surface area contributed by atoms with Crippen molar-refractivity contribution >= 4 is 41.1 Å². The molecule has 1 aromatic carbocycles. The molecule has 1 aliphatic heterocycles. The van der Waals surface area contributed by atoms with Gasteiger partial charge in [-0.05, 0) is 31.5 Å². The summed E-state index contributed by atoms with van der Waals surface area (Å²) in [7, 11) is 0. The largest absolute Gasteiger partial charge is 0.453 e. The van der Waals surface area contributed by atoms with E-state index in [0.717, 1.165) is 12.1 Å². The van der Waals surface area contributed by atoms with Gasteiger partial charge in [0.1, 0.15) is 11.9 Å². The number of carbonyl (C=O) groups is 4. The summed E-state index contributed by atoms with van der Waals surface area (Å²) in [4.78, 5) is 46.0. The van der Waals surface area contributed by atoms with Crippen molar-refractivity contribution in [2.45, 2.75) is 31.9 Å². The lowest BCUT2D eigenvalue weighted by Crippen LogP contribution is -2.32. The molecule has 25 heavy (non-hydrogen) atoms. The first-order valence-corrected chi connectivity index (χ1v) is 7.71. The van der Waals surface area contributed by atoms with Gasteiger partial charge in [0, 0.05) is 6.42 Å². The minimum absolute atomic E-state index is 0.00913. The minimum Gasteiger partial charge on any atom is -0.453 e. The molecular formula is C15H15ClFN3O5. The number of ether oxygens (including phenoxy) is 1. The van der Waals surface area contributed by atoms with Crippen LogP contribution in [0.5, 0.6) is 0 Å². The van der Waals surface area contributed by atoms with E-state index in [0.29, 0.717) is 0 Å². The molecular weight excluding hydrogens is 357 g/mol. The number of imide groups is 1. The highest BCUT2D eigenvalue weighted by molar-refractivity contribution is 6.33. The normalized spacial score (nSPS) is 17.5. The standard InChI is InChI=1S/C15H15ClFN3O5/c1-7(13(22)18-10-3-2-8(17)6-9(10)16)25-12(21)5-4-11-14(23)20-15(24)19-11/h2-3,6-7,11H,4-5H2,1H3,(H,18,22)(H2,19,20,23,24)/t7-,11-/m0/s1. The Hall–Kier alpha value is -2.68. The Morgan fingerprint density at radius 2 is 2.12 bits per heavy atom. The van der Waals surface area contributed by atoms with Crippen LogP contribution in [0.25, 0.3) is 0 Å². The van der Waals surface area contributed by atoms with Gasteiger partial charge in [-0.1, -0.05) is 11.6 Å². The highest BCUT2D eigenvalue weighted by atomic mass is 35.5. The number of carbonyl (C=O) groups excluding carboxylic acids is 4. The van der Waals surface area contributed by atoms with Gasteiger partial charge in [0.15, 0.2) is 6.10 Å². The van der Waals surface area contributed by atoms with E-state index in [1.54, 1.807) is 0 Å². The molecule has 1 aromatic rings. The van der Waals surface area contributed by atoms with E-state index in [4.69, 9.17) is 16.3 Å². The molecule has 8 nitrogen and oxygen atoms in total. The second-order valence-electron chi connectivity index (χ2n) is 5.30. The van der Waals surface area contributed by atoms with Crippen molar-refractivity contribution in [2.75, 3.05) is 5.32 Å². The van der Waals surface area contributed by atoms with E-state index in [2.05, 4.69) is 10.6 Å². The first kappa shape index (κ1) is 18.7. The number of esters is 1. The molecule has 10 heteroatoms. The Morgan fingerprint density at radius 3 is 2.72 bits per heavy atom. The van der Waals surface area contributed by atoms with Crippen molar-refractivity contribution < 1.29 is 28.3 Å². The van der Waals surface area contributed by atoms with Crippen LogP contribution in [0.15, 0.2) is 18.2 Å². The molecule has 3 N–H and O–H groups in total. The van der Waals surface area contributed by atoms with Gasteiger partial charge < -0.3 is 15.4 Å². The van der Waals surface area contributed by atoms with E-state index in [-0.39, 0.29) is 23.6 Å². The van der Waals surface area contributed by atoms with Gasteiger partial charge in [-0.2, -0.15) is 0 Å². The van der Waals surface area contributed by atoms with Gasteiger partial charge in [-0.25, -0.2) is 9.18 Å². The molecule has 1 aliphatic rings. The van der Waals surface area contributed by atoms with Gasteiger partial charge in [0.2, 0.25) is 0 Å². The fraction of sp³-hybridized carbons (Fsp3) is 0.333. The van der Waals surface area contributed by atoms with Crippen molar-refractivity contribution in [3.63, 3.8) is 0 Å². The predicted octanol–water partition coefficient (Wildman–Crippen LogP) is 1.34. The van der Waals surface area contributed by atoms with Crippen LogP contribution in [0.4, 0.5) is 14.9 Å². The maximum absolute atomic E-state index is 13.0. The summed E-state index contributed by atoms with van der Waals surface area (Å²) in [6.45, 7) is 1.36. The summed E-state index contributed by atoms with van der Waals surface area (Å²) in [5.74, 6) is -2.42. The molecule has 0 saturated carbocycles. The predicted molar refractivity (Wildman–Crippen MR) is 85.3 cm³/mol. The number of nitrogens with one attached hydrogen (secondary N) is 3. The quantitative estimate of drug-likeness (QED) is 0.516. The fourth-order valence-electron chi connectivity index (χ4n) is 2.06. The van der Waals surface area contributed by atoms with Gasteiger partial charge in [-0.15, -0.1) is 0 Å². The Labute approximate surface area is 147 Å². The second-order valence-corrected chi connectivity index (χ2v) is 5.71. The summed E-state index contributed by atoms with van der Waals surface area (Å²) in [5.41, 5.74) is 0.182. The smallest absolute Gasteiger partial charge is 0.322 e. The molecule has 0 radical (unpaired) electrons. The molecule has 2 atom stereocenters. The number of rotatable bonds is 6. The highest BCUT2D eigenvalue weighted by Gasteiger charge is 2.30. The zero-order valence-corrected chi connectivity index (χ0v) is 13.9. The van der Waals surface area contributed by atoms with Gasteiger partial charge in [0.05, 0.1) is 10.7 Å². The SMILES string of the molecule is C[C@H](OC(=O)CC[C@@H]1NC(=O)NC1=O)C(=O)Nc1ccc(F)cc1Cl. The molecule has 2 rings (SSSR count). The van der Waals surface area contributed by atoms with Crippen molar-refractivity contribution in [3.8, 4) is 0 Å². The van der Waals surface area contributed by atoms with Crippen LogP contribution in [-0.2, 0) is 19.1 Å². The third-order valence-electron chi connectivity index (χ3n) is 3.36. The van der Waals surface area contributed by atoms with Gasteiger partial charge in [-0.3, -0.25) is 19.7 Å². The Morgan fingerprint density at radius 1 is 1.40 bits per heavy atom. The maximum atomic E-state index is 13.0. The summed E-state index contributed by atoms with van der Waals surface area (Å²) in [6.07, 6.45) is -1.23. The number of hydrogen-bond donors (Lipinski definition) is 3. The first-order valence-electron chi connectivity index (χ1n) is 7.33. The lowest BCUT2D eigenvalue weighted by Gasteiger charge is -2.14. The molecule has 1 heterocycles. The van der Waals surface area contributed by atoms with Crippen LogP contribution in [0.2, 0.25) is 5.02 Å². The van der Waals surface area contributed by atoms with Crippen LogP contribution in [-0.4, -0.2) is 36.0 Å². The van der Waals surface area contributed by atoms with Crippen LogP contribution in [0, 0.1) is 5.82 Å². The van der Waals surface area contributed by atoms with Crippen molar-refractivity contribution in [3.05, 3.63) is 29.0 Å². The molecule has 0 aromatic heterocycles. The topological polar surface area (TPSA) is 114 Å². The van der Waals surface area contributed by atoms with Crippen LogP contribution >= 0.6 is 11.6 Å². The summed E-state index contributed by atoms with van der Waals surface area (Å²) < 4.78 is 17.9. The number of benzene rings is 1. The van der Waals surface area contributed by atoms with E-state index in [1.807, 2.05) is 5.32 Å². The van der Waals surface area contributed by atoms with Crippen LogP contribution in [0.1, 0.15) is 19.8 Å². The summed E-state index contributed by atoms with van der Waals surface area (Å²) in [5, 5.41) is 6.81. The zero-order chi connectivity index (χ0) is 18.6. The number of amides is 4. The number of urea groups is 1. The summed E-state index contributed by atoms with van der Waals surface area (Å²) >= 11 is 5.80. The average molecular weight is 372 g/mol. The first-order chi connectivity index (χ1) is 11.8. The fourth-order valence-corrected chi connectivity index (χ4v) is 2.27. The van der Waals surface area contributed by atoms with E-state index < -0.39 is 41.8 Å². The number of hydrogen-bond acceptors (Lipinski definition) is 5. The molecule has 1 saturated heterocycles. The van der Waals surface area contributed by atoms with Crippen molar-refractivity contribution in [1.82, 2.24) is 10.6 Å². The third kappa shape index (κ3) is 5.15. The minimum atomic E-state index is -1.12. The third-order valence-corrected chi connectivity index (χ3v) is 3.67. The van der Waals surface area contributed by atoms with Crippen LogP contribution < -0.4 is 16.0 Å². The van der Waals surface area contributed by atoms with E-state index in [9.17, 15) is 23.6 Å². The zero-order valence-electron chi connectivity index (χ0n) is 13.1. The van der Waals surface area contributed by atoms with Gasteiger partial charge in [0.25, 0.3) is 11.8 Å². The maximum Gasteiger partial charge on any atom is 0.322 e. The Balaban J connectivity index is 1.80. The second kappa shape index (κ2) is 7.93. The summed E-state index contributed by atoms with van der Waals surface area (Å²) in [6, 6.07) is 2.02. The van der Waals surface area contributed by atoms with Gasteiger partial charge >= 0.3 is 12.0 Å². The van der Waals surface area contributed by atoms with E-state index >= 15 is 0 Å². The Kier molecular flexibility index (Phi) is 5.92. The molecule has 1 fully saturated rings. The molecule has 0 spiro atoms. The number of anilines is 1.